The van der Waals surface area contributed by atoms with Gasteiger partial charge in [-0.3, -0.25) is 4.79 Å². The minimum atomic E-state index is -4.08. The van der Waals surface area contributed by atoms with Crippen LogP contribution in [0.3, 0.4) is 0 Å². The standard InChI is InChI=1S/C27H27FN2O4S/c1-16(2)23-13-21(28)14-24-19-5-7-29-27(12-19)34-8-6-17-9-20(18-3-4-18)11-22(10-17)35(32,33)30-26(31)15-25(23)24/h5,7,9-14,16,18H,3-4,6,8,15H2,1-2H3,(H,30,31). The summed E-state index contributed by atoms with van der Waals surface area (Å²) >= 11 is 0. The van der Waals surface area contributed by atoms with Crippen LogP contribution in [-0.2, 0) is 27.7 Å². The quantitative estimate of drug-likeness (QED) is 0.549. The number of nitrogens with one attached hydrogen (secondary N) is 1. The first-order valence-electron chi connectivity index (χ1n) is 11.8. The number of hydrogen-bond acceptors (Lipinski definition) is 5. The highest BCUT2D eigenvalue weighted by molar-refractivity contribution is 7.90. The van der Waals surface area contributed by atoms with Gasteiger partial charge in [-0.1, -0.05) is 19.9 Å². The van der Waals surface area contributed by atoms with Crippen molar-refractivity contribution in [2.75, 3.05) is 6.61 Å². The van der Waals surface area contributed by atoms with Gasteiger partial charge in [0, 0.05) is 18.7 Å². The van der Waals surface area contributed by atoms with E-state index in [0.29, 0.717) is 47.1 Å². The van der Waals surface area contributed by atoms with Crippen LogP contribution < -0.4 is 9.46 Å². The van der Waals surface area contributed by atoms with Crippen LogP contribution in [0.4, 0.5) is 4.39 Å². The van der Waals surface area contributed by atoms with Crippen molar-refractivity contribution in [3.63, 3.8) is 0 Å². The van der Waals surface area contributed by atoms with Crippen molar-refractivity contribution >= 4 is 15.9 Å². The number of ether oxygens (including phenoxy) is 1. The summed E-state index contributed by atoms with van der Waals surface area (Å²) in [7, 11) is -4.08. The lowest BCUT2D eigenvalue weighted by Gasteiger charge is -2.18. The zero-order chi connectivity index (χ0) is 24.7. The van der Waals surface area contributed by atoms with Gasteiger partial charge in [-0.05, 0) is 88.4 Å². The fourth-order valence-corrected chi connectivity index (χ4v) is 5.69. The summed E-state index contributed by atoms with van der Waals surface area (Å²) in [5, 5.41) is 0. The fourth-order valence-electron chi connectivity index (χ4n) is 4.60. The van der Waals surface area contributed by atoms with Crippen LogP contribution in [0.25, 0.3) is 11.1 Å². The summed E-state index contributed by atoms with van der Waals surface area (Å²) < 4.78 is 49.2. The van der Waals surface area contributed by atoms with Gasteiger partial charge in [-0.25, -0.2) is 22.5 Å². The Labute approximate surface area is 204 Å². The number of halogens is 1. The number of hydrogen-bond donors (Lipinski definition) is 1. The molecule has 1 N–H and O–H groups in total. The molecule has 8 heteroatoms. The lowest BCUT2D eigenvalue weighted by atomic mass is 9.88. The third kappa shape index (κ3) is 5.07. The predicted octanol–water partition coefficient (Wildman–Crippen LogP) is 4.87. The van der Waals surface area contributed by atoms with Crippen LogP contribution >= 0.6 is 0 Å². The maximum Gasteiger partial charge on any atom is 0.264 e. The molecule has 1 saturated carbocycles. The highest BCUT2D eigenvalue weighted by Gasteiger charge is 2.28. The van der Waals surface area contributed by atoms with Crippen LogP contribution in [0, 0.1) is 5.82 Å². The topological polar surface area (TPSA) is 85.4 Å². The molecule has 4 bridgehead atoms. The predicted molar refractivity (Wildman–Crippen MR) is 130 cm³/mol. The van der Waals surface area contributed by atoms with Gasteiger partial charge in [0.2, 0.25) is 11.8 Å². The Bertz CT molecular complexity index is 1410. The molecule has 0 saturated heterocycles. The molecule has 1 fully saturated rings. The molecule has 2 aliphatic rings. The molecule has 35 heavy (non-hydrogen) atoms. The minimum absolute atomic E-state index is 0.0715. The molecule has 182 valence electrons. The van der Waals surface area contributed by atoms with E-state index in [2.05, 4.69) is 9.71 Å². The zero-order valence-electron chi connectivity index (χ0n) is 19.7. The molecule has 1 amide bonds. The molecule has 0 atom stereocenters. The van der Waals surface area contributed by atoms with Crippen molar-refractivity contribution in [2.24, 2.45) is 0 Å². The normalized spacial score (nSPS) is 17.5. The van der Waals surface area contributed by atoms with Crippen molar-refractivity contribution in [2.45, 2.75) is 56.3 Å². The second-order valence-corrected chi connectivity index (χ2v) is 11.2. The molecule has 0 radical (unpaired) electrons. The summed E-state index contributed by atoms with van der Waals surface area (Å²) in [6.07, 6.45) is 3.90. The number of pyridine rings is 1. The van der Waals surface area contributed by atoms with Gasteiger partial charge in [0.25, 0.3) is 10.0 Å². The second-order valence-electron chi connectivity index (χ2n) is 9.55. The van der Waals surface area contributed by atoms with Crippen molar-refractivity contribution in [1.82, 2.24) is 9.71 Å². The first-order chi connectivity index (χ1) is 16.7. The summed E-state index contributed by atoms with van der Waals surface area (Å²) in [5.41, 5.74) is 4.17. The third-order valence-electron chi connectivity index (χ3n) is 6.49. The van der Waals surface area contributed by atoms with Gasteiger partial charge in [-0.2, -0.15) is 0 Å². The number of fused-ring (bicyclic) bond motifs is 6. The molecule has 1 aliphatic heterocycles. The van der Waals surface area contributed by atoms with Crippen molar-refractivity contribution in [1.29, 1.82) is 0 Å². The summed E-state index contributed by atoms with van der Waals surface area (Å²) in [6, 6.07) is 11.5. The van der Waals surface area contributed by atoms with Crippen LogP contribution in [-0.4, -0.2) is 25.9 Å². The van der Waals surface area contributed by atoms with Gasteiger partial charge < -0.3 is 4.74 Å². The Morgan fingerprint density at radius 1 is 1.11 bits per heavy atom. The average molecular weight is 495 g/mol. The van der Waals surface area contributed by atoms with E-state index in [-0.39, 0.29) is 17.2 Å². The van der Waals surface area contributed by atoms with Gasteiger partial charge in [0.05, 0.1) is 17.9 Å². The van der Waals surface area contributed by atoms with Crippen molar-refractivity contribution in [3.8, 4) is 17.0 Å². The minimum Gasteiger partial charge on any atom is -0.477 e. The van der Waals surface area contributed by atoms with E-state index in [1.54, 1.807) is 30.5 Å². The number of sulfonamides is 1. The molecule has 5 rings (SSSR count). The maximum atomic E-state index is 14.6. The first kappa shape index (κ1) is 23.5. The molecule has 0 unspecified atom stereocenters. The van der Waals surface area contributed by atoms with Gasteiger partial charge in [-0.15, -0.1) is 0 Å². The molecular formula is C27H27FN2O4S. The number of benzene rings is 2. The van der Waals surface area contributed by atoms with E-state index >= 15 is 0 Å². The van der Waals surface area contributed by atoms with Crippen molar-refractivity contribution < 1.29 is 22.3 Å². The molecular weight excluding hydrogens is 467 g/mol. The Kier molecular flexibility index (Phi) is 6.09. The number of nitrogens with zero attached hydrogens (tertiary/aromatic N) is 1. The average Bonchev–Trinajstić information content (AvgIpc) is 3.64. The van der Waals surface area contributed by atoms with Crippen LogP contribution in [0.2, 0.25) is 0 Å². The number of carbonyl (C=O) groups is 1. The van der Waals surface area contributed by atoms with Gasteiger partial charge >= 0.3 is 0 Å². The van der Waals surface area contributed by atoms with Crippen LogP contribution in [0.1, 0.15) is 60.8 Å². The molecule has 3 aromatic rings. The maximum absolute atomic E-state index is 14.6. The third-order valence-corrected chi connectivity index (χ3v) is 7.84. The van der Waals surface area contributed by atoms with Crippen molar-refractivity contribution in [3.05, 3.63) is 76.7 Å². The second kappa shape index (κ2) is 9.07. The van der Waals surface area contributed by atoms with E-state index < -0.39 is 21.7 Å². The molecule has 1 aliphatic carbocycles. The number of aromatic nitrogens is 1. The molecule has 1 aromatic heterocycles. The van der Waals surface area contributed by atoms with E-state index in [9.17, 15) is 17.6 Å². The van der Waals surface area contributed by atoms with E-state index in [1.807, 2.05) is 19.9 Å². The largest absolute Gasteiger partial charge is 0.477 e. The Hall–Kier alpha value is -3.26. The first-order valence-corrected chi connectivity index (χ1v) is 13.3. The monoisotopic (exact) mass is 494 g/mol. The Morgan fingerprint density at radius 2 is 1.91 bits per heavy atom. The molecule has 2 heterocycles. The highest BCUT2D eigenvalue weighted by atomic mass is 32.2. The smallest absolute Gasteiger partial charge is 0.264 e. The van der Waals surface area contributed by atoms with Gasteiger partial charge in [0.15, 0.2) is 0 Å². The lowest BCUT2D eigenvalue weighted by molar-refractivity contribution is -0.118. The highest BCUT2D eigenvalue weighted by Crippen LogP contribution is 2.41. The summed E-state index contributed by atoms with van der Waals surface area (Å²) in [4.78, 5) is 17.4. The van der Waals surface area contributed by atoms with Gasteiger partial charge in [0.1, 0.15) is 5.82 Å². The molecule has 2 aromatic carbocycles. The molecule has 6 nitrogen and oxygen atoms in total. The Balaban J connectivity index is 1.64. The zero-order valence-corrected chi connectivity index (χ0v) is 20.5. The van der Waals surface area contributed by atoms with E-state index in [0.717, 1.165) is 24.0 Å². The summed E-state index contributed by atoms with van der Waals surface area (Å²) in [5.74, 6) is -0.452. The fraction of sp³-hybridized carbons (Fsp3) is 0.333. The number of rotatable bonds is 2. The van der Waals surface area contributed by atoms with E-state index in [1.165, 1.54) is 12.1 Å². The SMILES string of the molecule is CC(C)c1cc(F)cc2c1CC(=O)NS(=O)(=O)c1cc(cc(C3CC3)c1)CCOc1cc-2ccn1. The Morgan fingerprint density at radius 3 is 2.66 bits per heavy atom. The lowest BCUT2D eigenvalue weighted by Crippen LogP contribution is -2.32. The number of carbonyl (C=O) groups excluding carboxylic acids is 1. The molecule has 0 spiro atoms. The number of amides is 1. The van der Waals surface area contributed by atoms with Crippen LogP contribution in [0.15, 0.2) is 53.6 Å². The van der Waals surface area contributed by atoms with Crippen LogP contribution in [0.5, 0.6) is 5.88 Å². The van der Waals surface area contributed by atoms with E-state index in [4.69, 9.17) is 4.74 Å². The summed E-state index contributed by atoms with van der Waals surface area (Å²) in [6.45, 7) is 4.11.